The first kappa shape index (κ1) is 14.1. The van der Waals surface area contributed by atoms with Crippen molar-refractivity contribution in [3.63, 3.8) is 0 Å². The zero-order valence-corrected chi connectivity index (χ0v) is 12.5. The summed E-state index contributed by atoms with van der Waals surface area (Å²) in [5.74, 6) is 0.996. The molecule has 0 atom stereocenters. The highest BCUT2D eigenvalue weighted by atomic mass is 16.5. The van der Waals surface area contributed by atoms with E-state index in [0.717, 1.165) is 0 Å². The fourth-order valence-electron chi connectivity index (χ4n) is 2.32. The van der Waals surface area contributed by atoms with E-state index in [4.69, 9.17) is 4.74 Å². The van der Waals surface area contributed by atoms with Crippen molar-refractivity contribution >= 4 is 11.4 Å². The van der Waals surface area contributed by atoms with Gasteiger partial charge in [-0.15, -0.1) is 15.3 Å². The molecule has 4 rings (SSSR count). The van der Waals surface area contributed by atoms with Crippen LogP contribution in [0.15, 0.2) is 73.1 Å². The van der Waals surface area contributed by atoms with E-state index in [1.807, 2.05) is 18.2 Å². The molecule has 0 aliphatic carbocycles. The van der Waals surface area contributed by atoms with Crippen LogP contribution in [0, 0.1) is 0 Å². The van der Waals surface area contributed by atoms with E-state index in [2.05, 4.69) is 15.3 Å². The number of fused-ring (bicyclic) bond motifs is 1. The van der Waals surface area contributed by atoms with Crippen molar-refractivity contribution in [1.82, 2.24) is 19.8 Å². The maximum atomic E-state index is 12.4. The fraction of sp³-hybridized carbons (Fsp3) is 0. The molecule has 6 nitrogen and oxygen atoms in total. The molecular formula is C18H12N4O2. The van der Waals surface area contributed by atoms with Gasteiger partial charge in [0.2, 0.25) is 5.88 Å². The summed E-state index contributed by atoms with van der Waals surface area (Å²) < 4.78 is 7.23. The first-order valence-electron chi connectivity index (χ1n) is 7.34. The summed E-state index contributed by atoms with van der Waals surface area (Å²) in [6, 6.07) is 19.6. The second-order valence-electron chi connectivity index (χ2n) is 5.13. The molecule has 0 spiro atoms. The first-order chi connectivity index (χ1) is 11.8. The number of aromatic nitrogens is 4. The van der Waals surface area contributed by atoms with Crippen molar-refractivity contribution in [3.05, 3.63) is 84.2 Å². The Morgan fingerprint density at radius 2 is 1.62 bits per heavy atom. The lowest BCUT2D eigenvalue weighted by Gasteiger charge is -2.06. The SMILES string of the molecule is O=C(c1ccccc1)c1ccc(Oc2ccc3nncn3n2)cc1. The molecular weight excluding hydrogens is 304 g/mol. The van der Waals surface area contributed by atoms with Crippen LogP contribution in [0.2, 0.25) is 0 Å². The van der Waals surface area contributed by atoms with Gasteiger partial charge in [-0.1, -0.05) is 30.3 Å². The molecule has 2 aromatic carbocycles. The molecule has 0 aliphatic rings. The molecule has 0 bridgehead atoms. The van der Waals surface area contributed by atoms with Crippen molar-refractivity contribution in [2.45, 2.75) is 0 Å². The van der Waals surface area contributed by atoms with Gasteiger partial charge >= 0.3 is 0 Å². The first-order valence-corrected chi connectivity index (χ1v) is 7.34. The van der Waals surface area contributed by atoms with Gasteiger partial charge in [0, 0.05) is 17.2 Å². The summed E-state index contributed by atoms with van der Waals surface area (Å²) in [6.45, 7) is 0. The van der Waals surface area contributed by atoms with Crippen LogP contribution >= 0.6 is 0 Å². The predicted octanol–water partition coefficient (Wildman–Crippen LogP) is 3.15. The minimum Gasteiger partial charge on any atom is -0.438 e. The molecule has 0 unspecified atom stereocenters. The second-order valence-corrected chi connectivity index (χ2v) is 5.13. The Bertz CT molecular complexity index is 994. The monoisotopic (exact) mass is 316 g/mol. The standard InChI is InChI=1S/C18H12N4O2/c23-18(13-4-2-1-3-5-13)14-6-8-15(9-7-14)24-17-11-10-16-20-19-12-22(16)21-17/h1-12H. The average Bonchev–Trinajstić information content (AvgIpc) is 3.10. The molecule has 0 saturated heterocycles. The molecule has 0 radical (unpaired) electrons. The van der Waals surface area contributed by atoms with Crippen LogP contribution in [0.4, 0.5) is 0 Å². The summed E-state index contributed by atoms with van der Waals surface area (Å²) in [6.07, 6.45) is 1.50. The van der Waals surface area contributed by atoms with Crippen molar-refractivity contribution in [2.24, 2.45) is 0 Å². The number of rotatable bonds is 4. The predicted molar refractivity (Wildman–Crippen MR) is 87.2 cm³/mol. The zero-order valence-electron chi connectivity index (χ0n) is 12.5. The highest BCUT2D eigenvalue weighted by molar-refractivity contribution is 6.08. The topological polar surface area (TPSA) is 69.4 Å². The van der Waals surface area contributed by atoms with E-state index in [-0.39, 0.29) is 5.78 Å². The molecule has 6 heteroatoms. The summed E-state index contributed by atoms with van der Waals surface area (Å²) >= 11 is 0. The highest BCUT2D eigenvalue weighted by Crippen LogP contribution is 2.21. The van der Waals surface area contributed by atoms with Gasteiger partial charge in [-0.3, -0.25) is 4.79 Å². The molecule has 0 N–H and O–H groups in total. The molecule has 24 heavy (non-hydrogen) atoms. The quantitative estimate of drug-likeness (QED) is 0.541. The Morgan fingerprint density at radius 3 is 2.42 bits per heavy atom. The number of carbonyl (C=O) groups is 1. The third-order valence-electron chi connectivity index (χ3n) is 3.51. The number of carbonyl (C=O) groups excluding carboxylic acids is 1. The zero-order chi connectivity index (χ0) is 16.4. The fourth-order valence-corrected chi connectivity index (χ4v) is 2.32. The lowest BCUT2D eigenvalue weighted by atomic mass is 10.0. The third-order valence-corrected chi connectivity index (χ3v) is 3.51. The Kier molecular flexibility index (Phi) is 3.47. The van der Waals surface area contributed by atoms with Crippen LogP contribution in [-0.2, 0) is 0 Å². The van der Waals surface area contributed by atoms with Gasteiger partial charge in [0.15, 0.2) is 11.4 Å². The summed E-state index contributed by atoms with van der Waals surface area (Å²) in [5, 5.41) is 11.9. The maximum Gasteiger partial charge on any atom is 0.237 e. The van der Waals surface area contributed by atoms with E-state index in [1.54, 1.807) is 48.5 Å². The van der Waals surface area contributed by atoms with Crippen LogP contribution in [0.1, 0.15) is 15.9 Å². The summed E-state index contributed by atoms with van der Waals surface area (Å²) in [4.78, 5) is 12.4. The van der Waals surface area contributed by atoms with E-state index in [9.17, 15) is 4.79 Å². The number of hydrogen-bond donors (Lipinski definition) is 0. The number of nitrogens with zero attached hydrogens (tertiary/aromatic N) is 4. The molecule has 0 fully saturated rings. The molecule has 4 aromatic rings. The number of hydrogen-bond acceptors (Lipinski definition) is 5. The summed E-state index contributed by atoms with van der Waals surface area (Å²) in [5.41, 5.74) is 1.91. The molecule has 0 amide bonds. The normalized spacial score (nSPS) is 10.7. The lowest BCUT2D eigenvalue weighted by molar-refractivity contribution is 0.103. The van der Waals surface area contributed by atoms with Gasteiger partial charge in [-0.05, 0) is 30.3 Å². The lowest BCUT2D eigenvalue weighted by Crippen LogP contribution is -2.00. The van der Waals surface area contributed by atoms with E-state index in [1.165, 1.54) is 10.8 Å². The molecule has 2 heterocycles. The molecule has 116 valence electrons. The van der Waals surface area contributed by atoms with Crippen molar-refractivity contribution < 1.29 is 9.53 Å². The smallest absolute Gasteiger partial charge is 0.237 e. The van der Waals surface area contributed by atoms with Gasteiger partial charge < -0.3 is 4.74 Å². The Morgan fingerprint density at radius 1 is 0.875 bits per heavy atom. The average molecular weight is 316 g/mol. The van der Waals surface area contributed by atoms with E-state index >= 15 is 0 Å². The highest BCUT2D eigenvalue weighted by Gasteiger charge is 2.09. The molecule has 0 saturated carbocycles. The molecule has 2 aromatic heterocycles. The number of ether oxygens (including phenoxy) is 1. The van der Waals surface area contributed by atoms with Crippen molar-refractivity contribution in [1.29, 1.82) is 0 Å². The number of ketones is 1. The van der Waals surface area contributed by atoms with Gasteiger partial charge in [0.25, 0.3) is 0 Å². The summed E-state index contributed by atoms with van der Waals surface area (Å²) in [7, 11) is 0. The third kappa shape index (κ3) is 2.72. The largest absolute Gasteiger partial charge is 0.438 e. The van der Waals surface area contributed by atoms with Crippen LogP contribution in [0.25, 0.3) is 5.65 Å². The second kappa shape index (κ2) is 5.92. The Hall–Kier alpha value is -3.54. The van der Waals surface area contributed by atoms with Crippen LogP contribution < -0.4 is 4.74 Å². The van der Waals surface area contributed by atoms with Gasteiger partial charge in [0.05, 0.1) is 0 Å². The van der Waals surface area contributed by atoms with Gasteiger partial charge in [-0.25, -0.2) is 0 Å². The van der Waals surface area contributed by atoms with E-state index < -0.39 is 0 Å². The van der Waals surface area contributed by atoms with Gasteiger partial charge in [0.1, 0.15) is 12.1 Å². The van der Waals surface area contributed by atoms with Crippen LogP contribution in [0.5, 0.6) is 11.6 Å². The minimum atomic E-state index is -0.0221. The number of benzene rings is 2. The van der Waals surface area contributed by atoms with Gasteiger partial charge in [-0.2, -0.15) is 4.52 Å². The van der Waals surface area contributed by atoms with Crippen molar-refractivity contribution in [2.75, 3.05) is 0 Å². The molecule has 0 aliphatic heterocycles. The Balaban J connectivity index is 1.54. The van der Waals surface area contributed by atoms with Crippen molar-refractivity contribution in [3.8, 4) is 11.6 Å². The van der Waals surface area contributed by atoms with Crippen LogP contribution in [-0.4, -0.2) is 25.6 Å². The Labute approximate surface area is 137 Å². The minimum absolute atomic E-state index is 0.0221. The van der Waals surface area contributed by atoms with Crippen LogP contribution in [0.3, 0.4) is 0 Å². The van der Waals surface area contributed by atoms with E-state index in [0.29, 0.717) is 28.4 Å². The maximum absolute atomic E-state index is 12.4.